The van der Waals surface area contributed by atoms with E-state index in [2.05, 4.69) is 28.2 Å². The predicted molar refractivity (Wildman–Crippen MR) is 96.3 cm³/mol. The highest BCUT2D eigenvalue weighted by atomic mass is 16.5. The van der Waals surface area contributed by atoms with Gasteiger partial charge in [0, 0.05) is 55.2 Å². The van der Waals surface area contributed by atoms with E-state index in [1.54, 1.807) is 0 Å². The third-order valence-electron chi connectivity index (χ3n) is 6.18. The number of carbonyl (C=O) groups excluding carboxylic acids is 1. The Labute approximate surface area is 148 Å². The van der Waals surface area contributed by atoms with Crippen LogP contribution in [0.25, 0.3) is 10.9 Å². The van der Waals surface area contributed by atoms with Crippen LogP contribution in [0.2, 0.25) is 0 Å². The summed E-state index contributed by atoms with van der Waals surface area (Å²) >= 11 is 0. The van der Waals surface area contributed by atoms with Crippen LogP contribution in [-0.2, 0) is 23.0 Å². The molecule has 4 rings (SSSR count). The number of aromatic nitrogens is 1. The van der Waals surface area contributed by atoms with Gasteiger partial charge in [0.05, 0.1) is 6.10 Å². The largest absolute Gasteiger partial charge is 0.392 e. The molecule has 0 bridgehead atoms. The summed E-state index contributed by atoms with van der Waals surface area (Å²) in [5.41, 5.74) is 2.25. The molecule has 134 valence electrons. The Morgan fingerprint density at radius 3 is 2.88 bits per heavy atom. The van der Waals surface area contributed by atoms with Gasteiger partial charge in [0.25, 0.3) is 0 Å². The molecule has 1 aliphatic heterocycles. The summed E-state index contributed by atoms with van der Waals surface area (Å²) in [7, 11) is 2.04. The first-order valence-electron chi connectivity index (χ1n) is 9.18. The van der Waals surface area contributed by atoms with Crippen molar-refractivity contribution in [2.24, 2.45) is 12.5 Å². The third-order valence-corrected chi connectivity index (χ3v) is 6.18. The lowest BCUT2D eigenvalue weighted by atomic mass is 9.58. The third kappa shape index (κ3) is 2.85. The number of rotatable bonds is 4. The zero-order chi connectivity index (χ0) is 17.4. The number of benzene rings is 1. The van der Waals surface area contributed by atoms with Crippen LogP contribution in [0.1, 0.15) is 31.2 Å². The number of carbonyl (C=O) groups is 1. The van der Waals surface area contributed by atoms with Crippen LogP contribution in [0.3, 0.4) is 0 Å². The van der Waals surface area contributed by atoms with Crippen molar-refractivity contribution in [3.05, 3.63) is 36.0 Å². The number of ether oxygens (including phenoxy) is 1. The van der Waals surface area contributed by atoms with E-state index in [-0.39, 0.29) is 23.5 Å². The van der Waals surface area contributed by atoms with Gasteiger partial charge in [0.2, 0.25) is 5.91 Å². The Morgan fingerprint density at radius 1 is 1.36 bits per heavy atom. The Hall–Kier alpha value is -1.85. The van der Waals surface area contributed by atoms with E-state index in [1.807, 2.05) is 19.2 Å². The van der Waals surface area contributed by atoms with Crippen LogP contribution in [0.5, 0.6) is 0 Å². The van der Waals surface area contributed by atoms with Gasteiger partial charge in [-0.25, -0.2) is 0 Å². The molecule has 5 nitrogen and oxygen atoms in total. The van der Waals surface area contributed by atoms with Crippen LogP contribution >= 0.6 is 0 Å². The Bertz CT molecular complexity index is 776. The van der Waals surface area contributed by atoms with E-state index in [9.17, 15) is 9.90 Å². The van der Waals surface area contributed by atoms with Crippen molar-refractivity contribution in [1.82, 2.24) is 9.88 Å². The molecule has 2 atom stereocenters. The molecule has 1 aliphatic carbocycles. The Balaban J connectivity index is 1.38. The number of nitrogens with zero attached hydrogens (tertiary/aromatic N) is 1. The average molecular weight is 342 g/mol. The van der Waals surface area contributed by atoms with E-state index in [0.717, 1.165) is 19.3 Å². The fourth-order valence-electron chi connectivity index (χ4n) is 4.54. The molecule has 1 spiro atoms. The average Bonchev–Trinajstić information content (AvgIpc) is 2.97. The maximum atomic E-state index is 12.5. The van der Waals surface area contributed by atoms with Crippen LogP contribution in [-0.4, -0.2) is 40.9 Å². The van der Waals surface area contributed by atoms with Crippen molar-refractivity contribution in [2.75, 3.05) is 13.2 Å². The first kappa shape index (κ1) is 16.6. The summed E-state index contributed by atoms with van der Waals surface area (Å²) in [6, 6.07) is 8.38. The van der Waals surface area contributed by atoms with Crippen molar-refractivity contribution >= 4 is 16.8 Å². The number of amides is 1. The number of fused-ring (bicyclic) bond motifs is 1. The minimum atomic E-state index is -0.306. The summed E-state index contributed by atoms with van der Waals surface area (Å²) in [6.45, 7) is 1.36. The summed E-state index contributed by atoms with van der Waals surface area (Å²) in [5.74, 6) is 0.0794. The molecule has 2 aromatic rings. The normalized spacial score (nSPS) is 25.0. The Kier molecular flexibility index (Phi) is 4.29. The summed E-state index contributed by atoms with van der Waals surface area (Å²) in [4.78, 5) is 12.5. The monoisotopic (exact) mass is 342 g/mol. The summed E-state index contributed by atoms with van der Waals surface area (Å²) < 4.78 is 7.54. The highest BCUT2D eigenvalue weighted by Crippen LogP contribution is 2.48. The van der Waals surface area contributed by atoms with Gasteiger partial charge < -0.3 is 19.7 Å². The molecule has 25 heavy (non-hydrogen) atoms. The Morgan fingerprint density at radius 2 is 2.12 bits per heavy atom. The van der Waals surface area contributed by atoms with Gasteiger partial charge >= 0.3 is 0 Å². The lowest BCUT2D eigenvalue weighted by Gasteiger charge is -2.55. The highest BCUT2D eigenvalue weighted by Gasteiger charge is 2.55. The van der Waals surface area contributed by atoms with Crippen LogP contribution < -0.4 is 5.32 Å². The second-order valence-corrected chi connectivity index (χ2v) is 7.50. The van der Waals surface area contributed by atoms with Gasteiger partial charge in [-0.15, -0.1) is 0 Å². The molecule has 1 saturated heterocycles. The van der Waals surface area contributed by atoms with Gasteiger partial charge in [-0.1, -0.05) is 18.2 Å². The van der Waals surface area contributed by atoms with Gasteiger partial charge in [0.1, 0.15) is 0 Å². The van der Waals surface area contributed by atoms with E-state index in [0.29, 0.717) is 26.1 Å². The molecule has 0 unspecified atom stereocenters. The molecule has 1 aromatic carbocycles. The van der Waals surface area contributed by atoms with E-state index in [4.69, 9.17) is 4.74 Å². The van der Waals surface area contributed by atoms with E-state index < -0.39 is 0 Å². The molecular formula is C20H26N2O3. The van der Waals surface area contributed by atoms with Crippen LogP contribution in [0.15, 0.2) is 30.5 Å². The molecule has 2 fully saturated rings. The number of para-hydroxylation sites is 1. The van der Waals surface area contributed by atoms with Gasteiger partial charge in [-0.3, -0.25) is 4.79 Å². The molecule has 1 saturated carbocycles. The lowest BCUT2D eigenvalue weighted by molar-refractivity contribution is -0.156. The van der Waals surface area contributed by atoms with Gasteiger partial charge in [0.15, 0.2) is 0 Å². The number of aliphatic hydroxyl groups is 1. The smallest absolute Gasteiger partial charge is 0.220 e. The van der Waals surface area contributed by atoms with E-state index >= 15 is 0 Å². The number of aryl methyl sites for hydroxylation is 2. The van der Waals surface area contributed by atoms with Gasteiger partial charge in [-0.2, -0.15) is 0 Å². The minimum absolute atomic E-state index is 0.0794. The predicted octanol–water partition coefficient (Wildman–Crippen LogP) is 2.16. The summed E-state index contributed by atoms with van der Waals surface area (Å²) in [5, 5.41) is 14.6. The molecule has 2 heterocycles. The highest BCUT2D eigenvalue weighted by molar-refractivity contribution is 5.85. The maximum Gasteiger partial charge on any atom is 0.220 e. The summed E-state index contributed by atoms with van der Waals surface area (Å²) in [6.07, 6.45) is 5.36. The molecule has 1 aromatic heterocycles. The molecule has 1 amide bonds. The first-order chi connectivity index (χ1) is 12.1. The SMILES string of the molecule is Cn1cc(CCC(=O)N[C@@H]2C[C@@H](O)C23CCOCC3)c2ccccc21. The molecule has 5 heteroatoms. The standard InChI is InChI=1S/C20H26N2O3/c1-22-13-14(15-4-2-3-5-16(15)22)6-7-19(24)21-17-12-18(23)20(17)8-10-25-11-9-20/h2-5,13,17-18,23H,6-12H2,1H3,(H,21,24)/t17-,18-/m1/s1. The lowest BCUT2D eigenvalue weighted by Crippen LogP contribution is -2.65. The van der Waals surface area contributed by atoms with Crippen LogP contribution in [0.4, 0.5) is 0 Å². The molecule has 2 N–H and O–H groups in total. The number of hydrogen-bond acceptors (Lipinski definition) is 3. The number of nitrogens with one attached hydrogen (secondary N) is 1. The first-order valence-corrected chi connectivity index (χ1v) is 9.18. The van der Waals surface area contributed by atoms with Crippen molar-refractivity contribution in [2.45, 2.75) is 44.2 Å². The molecule has 2 aliphatic rings. The second kappa shape index (κ2) is 6.46. The molecular weight excluding hydrogens is 316 g/mol. The number of aliphatic hydroxyl groups excluding tert-OH is 1. The quantitative estimate of drug-likeness (QED) is 0.895. The van der Waals surface area contributed by atoms with Crippen molar-refractivity contribution in [1.29, 1.82) is 0 Å². The topological polar surface area (TPSA) is 63.5 Å². The fraction of sp³-hybridized carbons (Fsp3) is 0.550. The number of hydrogen-bond donors (Lipinski definition) is 2. The molecule has 0 radical (unpaired) electrons. The zero-order valence-electron chi connectivity index (χ0n) is 14.7. The van der Waals surface area contributed by atoms with Gasteiger partial charge in [-0.05, 0) is 37.3 Å². The van der Waals surface area contributed by atoms with E-state index in [1.165, 1.54) is 16.5 Å². The van der Waals surface area contributed by atoms with Crippen molar-refractivity contribution < 1.29 is 14.6 Å². The minimum Gasteiger partial charge on any atom is -0.392 e. The van der Waals surface area contributed by atoms with Crippen molar-refractivity contribution in [3.8, 4) is 0 Å². The van der Waals surface area contributed by atoms with Crippen molar-refractivity contribution in [3.63, 3.8) is 0 Å². The second-order valence-electron chi connectivity index (χ2n) is 7.50. The van der Waals surface area contributed by atoms with Crippen LogP contribution in [0, 0.1) is 5.41 Å². The fourth-order valence-corrected chi connectivity index (χ4v) is 4.54. The zero-order valence-corrected chi connectivity index (χ0v) is 14.7. The maximum absolute atomic E-state index is 12.5.